The van der Waals surface area contributed by atoms with Crippen LogP contribution in [0, 0.1) is 0 Å². The van der Waals surface area contributed by atoms with Crippen LogP contribution in [0.1, 0.15) is 11.1 Å². The van der Waals surface area contributed by atoms with Crippen LogP contribution in [0.4, 0.5) is 13.2 Å². The molecule has 2 nitrogen and oxygen atoms in total. The second-order valence-electron chi connectivity index (χ2n) is 3.73. The Morgan fingerprint density at radius 2 is 1.78 bits per heavy atom. The van der Waals surface area contributed by atoms with Crippen molar-refractivity contribution in [3.8, 4) is 11.1 Å². The summed E-state index contributed by atoms with van der Waals surface area (Å²) >= 11 is 0. The molecule has 0 aliphatic heterocycles. The smallest absolute Gasteiger partial charge is 0.392 e. The van der Waals surface area contributed by atoms with Gasteiger partial charge in [0.25, 0.3) is 0 Å². The van der Waals surface area contributed by atoms with Gasteiger partial charge in [-0.1, -0.05) is 24.3 Å². The van der Waals surface area contributed by atoms with Crippen molar-refractivity contribution in [2.24, 2.45) is 0 Å². The fourth-order valence-corrected chi connectivity index (χ4v) is 1.78. The minimum Gasteiger partial charge on any atom is -0.392 e. The number of rotatable bonds is 2. The first-order valence-electron chi connectivity index (χ1n) is 5.24. The fraction of sp³-hybridized carbons (Fsp3) is 0.154. The Morgan fingerprint density at radius 3 is 2.44 bits per heavy atom. The molecule has 0 atom stereocenters. The van der Waals surface area contributed by atoms with Crippen molar-refractivity contribution < 1.29 is 18.3 Å². The van der Waals surface area contributed by atoms with E-state index in [-0.39, 0.29) is 12.2 Å². The van der Waals surface area contributed by atoms with Gasteiger partial charge in [0.2, 0.25) is 0 Å². The van der Waals surface area contributed by atoms with E-state index in [0.717, 1.165) is 18.5 Å². The van der Waals surface area contributed by atoms with Crippen LogP contribution < -0.4 is 0 Å². The zero-order valence-corrected chi connectivity index (χ0v) is 9.28. The Morgan fingerprint density at radius 1 is 1.06 bits per heavy atom. The zero-order valence-electron chi connectivity index (χ0n) is 9.28. The molecule has 0 radical (unpaired) electrons. The molecule has 0 aliphatic carbocycles. The van der Waals surface area contributed by atoms with Gasteiger partial charge in [-0.15, -0.1) is 0 Å². The number of nitrogens with zero attached hydrogens (tertiary/aromatic N) is 1. The van der Waals surface area contributed by atoms with Gasteiger partial charge in [-0.25, -0.2) is 0 Å². The van der Waals surface area contributed by atoms with Crippen LogP contribution in [-0.4, -0.2) is 10.1 Å². The highest BCUT2D eigenvalue weighted by Gasteiger charge is 2.33. The van der Waals surface area contributed by atoms with Gasteiger partial charge in [-0.2, -0.15) is 13.2 Å². The third-order valence-corrected chi connectivity index (χ3v) is 2.60. The van der Waals surface area contributed by atoms with Gasteiger partial charge in [0, 0.05) is 18.0 Å². The summed E-state index contributed by atoms with van der Waals surface area (Å²) in [6, 6.07) is 7.35. The van der Waals surface area contributed by atoms with E-state index in [0.29, 0.717) is 11.1 Å². The monoisotopic (exact) mass is 253 g/mol. The number of pyridine rings is 1. The number of hydrogen-bond donors (Lipinski definition) is 1. The number of aliphatic hydroxyl groups is 1. The minimum atomic E-state index is -4.44. The molecule has 18 heavy (non-hydrogen) atoms. The van der Waals surface area contributed by atoms with Crippen molar-refractivity contribution in [3.05, 3.63) is 53.9 Å². The molecule has 1 aromatic carbocycles. The number of alkyl halides is 3. The quantitative estimate of drug-likeness (QED) is 0.891. The van der Waals surface area contributed by atoms with Gasteiger partial charge in [0.15, 0.2) is 0 Å². The summed E-state index contributed by atoms with van der Waals surface area (Å²) in [5, 5.41) is 9.17. The molecule has 0 aliphatic rings. The first-order chi connectivity index (χ1) is 8.54. The Hall–Kier alpha value is -1.88. The van der Waals surface area contributed by atoms with E-state index >= 15 is 0 Å². The van der Waals surface area contributed by atoms with Gasteiger partial charge < -0.3 is 5.11 Å². The predicted molar refractivity (Wildman–Crippen MR) is 60.6 cm³/mol. The van der Waals surface area contributed by atoms with Gasteiger partial charge >= 0.3 is 6.18 Å². The van der Waals surface area contributed by atoms with Gasteiger partial charge in [0.05, 0.1) is 12.2 Å². The highest BCUT2D eigenvalue weighted by Crippen LogP contribution is 2.37. The molecule has 2 rings (SSSR count). The maximum atomic E-state index is 12.9. The number of hydrogen-bond acceptors (Lipinski definition) is 2. The highest BCUT2D eigenvalue weighted by atomic mass is 19.4. The molecule has 1 N–H and O–H groups in total. The summed E-state index contributed by atoms with van der Waals surface area (Å²) in [7, 11) is 0. The van der Waals surface area contributed by atoms with Crippen LogP contribution in [0.3, 0.4) is 0 Å². The number of aliphatic hydroxyl groups excluding tert-OH is 1. The van der Waals surface area contributed by atoms with Crippen molar-refractivity contribution >= 4 is 0 Å². The number of aromatic nitrogens is 1. The van der Waals surface area contributed by atoms with Crippen molar-refractivity contribution in [3.63, 3.8) is 0 Å². The molecule has 0 fully saturated rings. The fourth-order valence-electron chi connectivity index (χ4n) is 1.78. The molecule has 2 aromatic rings. The molecule has 0 unspecified atom stereocenters. The lowest BCUT2D eigenvalue weighted by atomic mass is 9.97. The highest BCUT2D eigenvalue weighted by molar-refractivity contribution is 5.70. The molecular formula is C13H10F3NO. The van der Waals surface area contributed by atoms with E-state index in [2.05, 4.69) is 4.98 Å². The van der Waals surface area contributed by atoms with E-state index in [4.69, 9.17) is 0 Å². The van der Waals surface area contributed by atoms with Crippen molar-refractivity contribution in [2.45, 2.75) is 12.8 Å². The average molecular weight is 253 g/mol. The standard InChI is InChI=1S/C13H10F3NO/c14-13(15,16)12-5-6-17-7-11(12)10-4-2-1-3-9(10)8-18/h1-7,18H,8H2. The molecule has 1 heterocycles. The average Bonchev–Trinajstić information content (AvgIpc) is 2.37. The van der Waals surface area contributed by atoms with E-state index < -0.39 is 11.7 Å². The molecule has 94 valence electrons. The molecular weight excluding hydrogens is 243 g/mol. The first kappa shape index (κ1) is 12.6. The Labute approximate surface area is 102 Å². The SMILES string of the molecule is OCc1ccccc1-c1cnccc1C(F)(F)F. The lowest BCUT2D eigenvalue weighted by molar-refractivity contribution is -0.137. The van der Waals surface area contributed by atoms with Crippen molar-refractivity contribution in [2.75, 3.05) is 0 Å². The van der Waals surface area contributed by atoms with Gasteiger partial charge in [-0.05, 0) is 17.2 Å². The second kappa shape index (κ2) is 4.78. The summed E-state index contributed by atoms with van der Waals surface area (Å²) < 4.78 is 38.6. The van der Waals surface area contributed by atoms with Crippen LogP contribution in [0.5, 0.6) is 0 Å². The van der Waals surface area contributed by atoms with Crippen LogP contribution in [0.25, 0.3) is 11.1 Å². The third-order valence-electron chi connectivity index (χ3n) is 2.60. The van der Waals surface area contributed by atoms with Crippen LogP contribution in [0.2, 0.25) is 0 Å². The lowest BCUT2D eigenvalue weighted by Crippen LogP contribution is -2.08. The third kappa shape index (κ3) is 2.36. The van der Waals surface area contributed by atoms with E-state index in [1.54, 1.807) is 18.2 Å². The van der Waals surface area contributed by atoms with Crippen LogP contribution in [-0.2, 0) is 12.8 Å². The Kier molecular flexibility index (Phi) is 3.34. The maximum Gasteiger partial charge on any atom is 0.417 e. The normalized spacial score (nSPS) is 11.6. The zero-order chi connectivity index (χ0) is 13.2. The van der Waals surface area contributed by atoms with Crippen molar-refractivity contribution in [1.29, 1.82) is 0 Å². The maximum absolute atomic E-state index is 12.9. The Bertz CT molecular complexity index is 552. The summed E-state index contributed by atoms with van der Waals surface area (Å²) in [6.07, 6.45) is -2.17. The van der Waals surface area contributed by atoms with Crippen molar-refractivity contribution in [1.82, 2.24) is 4.98 Å². The lowest BCUT2D eigenvalue weighted by Gasteiger charge is -2.14. The van der Waals surface area contributed by atoms with Crippen LogP contribution in [0.15, 0.2) is 42.7 Å². The molecule has 0 amide bonds. The van der Waals surface area contributed by atoms with E-state index in [9.17, 15) is 18.3 Å². The molecule has 0 bridgehead atoms. The summed E-state index contributed by atoms with van der Waals surface area (Å²) in [6.45, 7) is -0.317. The predicted octanol–water partition coefficient (Wildman–Crippen LogP) is 3.26. The topological polar surface area (TPSA) is 33.1 Å². The molecule has 1 aromatic heterocycles. The summed E-state index contributed by atoms with van der Waals surface area (Å²) in [4.78, 5) is 3.73. The summed E-state index contributed by atoms with van der Waals surface area (Å²) in [5.74, 6) is 0. The van der Waals surface area contributed by atoms with E-state index in [1.807, 2.05) is 0 Å². The molecule has 0 spiro atoms. The van der Waals surface area contributed by atoms with E-state index in [1.165, 1.54) is 6.07 Å². The first-order valence-corrected chi connectivity index (χ1v) is 5.24. The number of benzene rings is 1. The molecule has 0 saturated heterocycles. The van der Waals surface area contributed by atoms with Gasteiger partial charge in [-0.3, -0.25) is 4.98 Å². The number of halogens is 3. The largest absolute Gasteiger partial charge is 0.417 e. The minimum absolute atomic E-state index is 0.0188. The summed E-state index contributed by atoms with van der Waals surface area (Å²) in [5.41, 5.74) is 0.0180. The van der Waals surface area contributed by atoms with Gasteiger partial charge in [0.1, 0.15) is 0 Å². The molecule has 5 heteroatoms. The van der Waals surface area contributed by atoms with Crippen LogP contribution >= 0.6 is 0 Å². The molecule has 0 saturated carbocycles. The second-order valence-corrected chi connectivity index (χ2v) is 3.73. The Balaban J connectivity index is 2.65.